The molecule has 0 aliphatic carbocycles. The standard InChI is InChI=1S/C15H23ClN2O2/c1-17-11-13-14(16)3-2-4-15(13)18-7-5-12(6-8-18)20-10-9-19/h2-4,12,17,19H,5-11H2,1H3. The molecular weight excluding hydrogens is 276 g/mol. The first kappa shape index (κ1) is 15.6. The van der Waals surface area contributed by atoms with Crippen molar-refractivity contribution in [2.45, 2.75) is 25.5 Å². The highest BCUT2D eigenvalue weighted by atomic mass is 35.5. The van der Waals surface area contributed by atoms with Crippen molar-refractivity contribution in [2.75, 3.05) is 38.3 Å². The number of hydrogen-bond donors (Lipinski definition) is 2. The summed E-state index contributed by atoms with van der Waals surface area (Å²) in [5, 5.41) is 12.8. The SMILES string of the molecule is CNCc1c(Cl)cccc1N1CCC(OCCO)CC1. The fourth-order valence-corrected chi connectivity index (χ4v) is 2.91. The monoisotopic (exact) mass is 298 g/mol. The maximum Gasteiger partial charge on any atom is 0.0701 e. The van der Waals surface area contributed by atoms with Gasteiger partial charge in [-0.05, 0) is 32.0 Å². The number of nitrogens with one attached hydrogen (secondary N) is 1. The number of aliphatic hydroxyl groups excluding tert-OH is 1. The number of nitrogens with zero attached hydrogens (tertiary/aromatic N) is 1. The van der Waals surface area contributed by atoms with Crippen molar-refractivity contribution in [3.05, 3.63) is 28.8 Å². The molecule has 5 heteroatoms. The summed E-state index contributed by atoms with van der Waals surface area (Å²) in [7, 11) is 1.93. The summed E-state index contributed by atoms with van der Waals surface area (Å²) in [5.41, 5.74) is 2.37. The molecule has 20 heavy (non-hydrogen) atoms. The van der Waals surface area contributed by atoms with E-state index < -0.39 is 0 Å². The van der Waals surface area contributed by atoms with Crippen LogP contribution < -0.4 is 10.2 Å². The first-order valence-corrected chi connectivity index (χ1v) is 7.53. The minimum Gasteiger partial charge on any atom is -0.394 e. The molecule has 0 atom stereocenters. The maximum atomic E-state index is 8.80. The second kappa shape index (κ2) is 7.84. The summed E-state index contributed by atoms with van der Waals surface area (Å²) in [5.74, 6) is 0. The van der Waals surface area contributed by atoms with E-state index in [0.717, 1.165) is 43.1 Å². The predicted octanol–water partition coefficient (Wildman–Crippen LogP) is 2.04. The number of anilines is 1. The zero-order valence-corrected chi connectivity index (χ0v) is 12.7. The number of aliphatic hydroxyl groups is 1. The van der Waals surface area contributed by atoms with E-state index in [0.29, 0.717) is 6.61 Å². The molecule has 112 valence electrons. The minimum absolute atomic E-state index is 0.0980. The molecule has 2 rings (SSSR count). The Balaban J connectivity index is 2.01. The molecule has 1 aliphatic rings. The van der Waals surface area contributed by atoms with Gasteiger partial charge in [-0.15, -0.1) is 0 Å². The molecule has 1 fully saturated rings. The summed E-state index contributed by atoms with van der Waals surface area (Å²) >= 11 is 6.31. The van der Waals surface area contributed by atoms with Gasteiger partial charge in [-0.3, -0.25) is 0 Å². The number of benzene rings is 1. The van der Waals surface area contributed by atoms with E-state index in [1.165, 1.54) is 5.69 Å². The number of piperidine rings is 1. The van der Waals surface area contributed by atoms with Crippen LogP contribution in [0.25, 0.3) is 0 Å². The van der Waals surface area contributed by atoms with Gasteiger partial charge < -0.3 is 20.1 Å². The van der Waals surface area contributed by atoms with Crippen molar-refractivity contribution >= 4 is 17.3 Å². The summed E-state index contributed by atoms with van der Waals surface area (Å²) < 4.78 is 5.60. The average molecular weight is 299 g/mol. The number of halogens is 1. The van der Waals surface area contributed by atoms with E-state index in [4.69, 9.17) is 21.4 Å². The zero-order valence-electron chi connectivity index (χ0n) is 11.9. The lowest BCUT2D eigenvalue weighted by atomic mass is 10.0. The first-order chi connectivity index (χ1) is 9.76. The van der Waals surface area contributed by atoms with E-state index in [2.05, 4.69) is 16.3 Å². The van der Waals surface area contributed by atoms with Gasteiger partial charge in [0.1, 0.15) is 0 Å². The third-order valence-electron chi connectivity index (χ3n) is 3.68. The van der Waals surface area contributed by atoms with Gasteiger partial charge in [-0.2, -0.15) is 0 Å². The topological polar surface area (TPSA) is 44.7 Å². The Labute approximate surface area is 125 Å². The third kappa shape index (κ3) is 3.85. The van der Waals surface area contributed by atoms with Crippen LogP contribution in [0, 0.1) is 0 Å². The molecule has 1 aliphatic heterocycles. The smallest absolute Gasteiger partial charge is 0.0701 e. The molecule has 1 saturated heterocycles. The molecule has 0 amide bonds. The highest BCUT2D eigenvalue weighted by Gasteiger charge is 2.21. The lowest BCUT2D eigenvalue weighted by Crippen LogP contribution is -2.38. The zero-order chi connectivity index (χ0) is 14.4. The van der Waals surface area contributed by atoms with Crippen molar-refractivity contribution in [3.8, 4) is 0 Å². The molecule has 0 saturated carbocycles. The molecule has 4 nitrogen and oxygen atoms in total. The summed E-state index contributed by atoms with van der Waals surface area (Å²) in [6.45, 7) is 3.24. The Bertz CT molecular complexity index is 420. The number of ether oxygens (including phenoxy) is 1. The van der Waals surface area contributed by atoms with Crippen molar-refractivity contribution in [1.82, 2.24) is 5.32 Å². The van der Waals surface area contributed by atoms with Gasteiger partial charge in [0.15, 0.2) is 0 Å². The second-order valence-corrected chi connectivity index (χ2v) is 5.46. The third-order valence-corrected chi connectivity index (χ3v) is 4.03. The normalized spacial score (nSPS) is 16.6. The molecule has 1 aromatic carbocycles. The highest BCUT2D eigenvalue weighted by Crippen LogP contribution is 2.30. The lowest BCUT2D eigenvalue weighted by molar-refractivity contribution is 0.0159. The quantitative estimate of drug-likeness (QED) is 0.843. The molecular formula is C15H23ClN2O2. The van der Waals surface area contributed by atoms with Gasteiger partial charge >= 0.3 is 0 Å². The largest absolute Gasteiger partial charge is 0.394 e. The van der Waals surface area contributed by atoms with Crippen LogP contribution in [0.2, 0.25) is 5.02 Å². The van der Waals surface area contributed by atoms with Crippen molar-refractivity contribution < 1.29 is 9.84 Å². The Morgan fingerprint density at radius 2 is 2.15 bits per heavy atom. The maximum absolute atomic E-state index is 8.80. The predicted molar refractivity (Wildman–Crippen MR) is 82.5 cm³/mol. The lowest BCUT2D eigenvalue weighted by Gasteiger charge is -2.35. The number of hydrogen-bond acceptors (Lipinski definition) is 4. The summed E-state index contributed by atoms with van der Waals surface area (Å²) in [4.78, 5) is 2.37. The van der Waals surface area contributed by atoms with Crippen LogP contribution in [-0.2, 0) is 11.3 Å². The van der Waals surface area contributed by atoms with Crippen LogP contribution in [0.15, 0.2) is 18.2 Å². The van der Waals surface area contributed by atoms with Crippen LogP contribution in [-0.4, -0.2) is 44.6 Å². The molecule has 0 aromatic heterocycles. The van der Waals surface area contributed by atoms with Crippen LogP contribution in [0.1, 0.15) is 18.4 Å². The van der Waals surface area contributed by atoms with Crippen LogP contribution in [0.3, 0.4) is 0 Å². The van der Waals surface area contributed by atoms with Crippen molar-refractivity contribution in [3.63, 3.8) is 0 Å². The molecule has 1 heterocycles. The van der Waals surface area contributed by atoms with Crippen molar-refractivity contribution in [1.29, 1.82) is 0 Å². The van der Waals surface area contributed by atoms with Crippen LogP contribution in [0.4, 0.5) is 5.69 Å². The molecule has 0 bridgehead atoms. The van der Waals surface area contributed by atoms with E-state index in [-0.39, 0.29) is 12.7 Å². The van der Waals surface area contributed by atoms with Gasteiger partial charge in [0.05, 0.1) is 19.3 Å². The molecule has 0 unspecified atom stereocenters. The Kier molecular flexibility index (Phi) is 6.10. The van der Waals surface area contributed by atoms with E-state index in [1.54, 1.807) is 0 Å². The molecule has 2 N–H and O–H groups in total. The number of rotatable bonds is 6. The highest BCUT2D eigenvalue weighted by molar-refractivity contribution is 6.31. The van der Waals surface area contributed by atoms with E-state index >= 15 is 0 Å². The Morgan fingerprint density at radius 1 is 1.40 bits per heavy atom. The van der Waals surface area contributed by atoms with Gasteiger partial charge in [-0.25, -0.2) is 0 Å². The van der Waals surface area contributed by atoms with E-state index in [1.807, 2.05) is 19.2 Å². The van der Waals surface area contributed by atoms with Gasteiger partial charge in [0.2, 0.25) is 0 Å². The first-order valence-electron chi connectivity index (χ1n) is 7.15. The van der Waals surface area contributed by atoms with Crippen LogP contribution in [0.5, 0.6) is 0 Å². The minimum atomic E-state index is 0.0980. The van der Waals surface area contributed by atoms with Gasteiger partial charge in [-0.1, -0.05) is 17.7 Å². The average Bonchev–Trinajstić information content (AvgIpc) is 2.48. The molecule has 0 radical (unpaired) electrons. The Morgan fingerprint density at radius 3 is 2.80 bits per heavy atom. The van der Waals surface area contributed by atoms with E-state index in [9.17, 15) is 0 Å². The summed E-state index contributed by atoms with van der Waals surface area (Å²) in [6.07, 6.45) is 2.25. The fraction of sp³-hybridized carbons (Fsp3) is 0.600. The second-order valence-electron chi connectivity index (χ2n) is 5.05. The Hall–Kier alpha value is -0.810. The van der Waals surface area contributed by atoms with Crippen molar-refractivity contribution in [2.24, 2.45) is 0 Å². The fourth-order valence-electron chi connectivity index (χ4n) is 2.68. The molecule has 1 aromatic rings. The van der Waals surface area contributed by atoms with Gasteiger partial charge in [0.25, 0.3) is 0 Å². The van der Waals surface area contributed by atoms with Gasteiger partial charge in [0, 0.05) is 35.9 Å². The summed E-state index contributed by atoms with van der Waals surface area (Å²) in [6, 6.07) is 6.08. The van der Waals surface area contributed by atoms with Crippen LogP contribution >= 0.6 is 11.6 Å². The molecule has 0 spiro atoms.